The van der Waals surface area contributed by atoms with Crippen molar-refractivity contribution >= 4 is 18.8 Å². The quantitative estimate of drug-likeness (QED) is 0.0391. The molecule has 0 aliphatic heterocycles. The zero-order valence-corrected chi connectivity index (χ0v) is 48.2. The normalized spacial score (nSPS) is 18.6. The zero-order chi connectivity index (χ0) is 54.9. The minimum atomic E-state index is -0.719. The van der Waals surface area contributed by atoms with E-state index in [1.807, 2.05) is 86.9 Å². The third-order valence-corrected chi connectivity index (χ3v) is 17.0. The molecule has 0 bridgehead atoms. The topological polar surface area (TPSA) is 197 Å². The van der Waals surface area contributed by atoms with E-state index in [1.165, 1.54) is 36.8 Å². The molecule has 0 saturated heterocycles. The third-order valence-electron chi connectivity index (χ3n) is 17.0. The number of halogens is 1. The summed E-state index contributed by atoms with van der Waals surface area (Å²) in [6.45, 7) is 2.57. The molecule has 462 valence electrons. The molecular weight excluding hydrogens is 1040 g/mol. The van der Waals surface area contributed by atoms with Gasteiger partial charge in [-0.1, -0.05) is 155 Å². The second-order valence-electron chi connectivity index (χ2n) is 21.8. The van der Waals surface area contributed by atoms with Crippen LogP contribution in [0.3, 0.4) is 0 Å². The van der Waals surface area contributed by atoms with Crippen molar-refractivity contribution in [2.45, 2.75) is 204 Å². The van der Waals surface area contributed by atoms with E-state index < -0.39 is 22.4 Å². The number of rotatable bonds is 20. The maximum absolute atomic E-state index is 11.0. The fourth-order valence-corrected chi connectivity index (χ4v) is 12.5. The van der Waals surface area contributed by atoms with Crippen molar-refractivity contribution in [1.29, 1.82) is 0 Å². The van der Waals surface area contributed by atoms with Gasteiger partial charge < -0.3 is 61.1 Å². The van der Waals surface area contributed by atoms with Crippen LogP contribution in [0.15, 0.2) is 97.1 Å². The molecule has 4 aliphatic carbocycles. The van der Waals surface area contributed by atoms with Gasteiger partial charge in [0.15, 0.2) is 0 Å². The minimum Gasteiger partial charge on any atom is -0.497 e. The molecule has 8 rings (SSSR count). The molecule has 0 spiro atoms. The van der Waals surface area contributed by atoms with Crippen LogP contribution in [0.5, 0.6) is 23.0 Å². The predicted octanol–water partition coefficient (Wildman–Crippen LogP) is 13.0. The smallest absolute Gasteiger partial charge is 0.207 e. The molecule has 1 amide bonds. The number of hydrogen-bond donors (Lipinski definition) is 8. The summed E-state index contributed by atoms with van der Waals surface area (Å²) in [7, 11) is 10.5. The van der Waals surface area contributed by atoms with Crippen LogP contribution in [0.25, 0.3) is 0 Å². The van der Waals surface area contributed by atoms with Crippen LogP contribution in [-0.2, 0) is 4.79 Å². The summed E-state index contributed by atoms with van der Waals surface area (Å²) in [5, 5.41) is 52.9. The Morgan fingerprint density at radius 2 is 0.617 bits per heavy atom. The van der Waals surface area contributed by atoms with Crippen molar-refractivity contribution in [3.63, 3.8) is 0 Å². The molecular formula is C67H113ClN4O9. The number of nitrogens with two attached hydrogens (primary N) is 1. The molecule has 81 heavy (non-hydrogen) atoms. The average Bonchev–Trinajstić information content (AvgIpc) is 3.45. The van der Waals surface area contributed by atoms with Gasteiger partial charge in [-0.25, -0.2) is 0 Å². The number of nitrogens with one attached hydrogen (secondary N) is 3. The molecule has 4 saturated carbocycles. The van der Waals surface area contributed by atoms with Crippen LogP contribution in [0.2, 0.25) is 0 Å². The van der Waals surface area contributed by atoms with E-state index in [0.717, 1.165) is 150 Å². The van der Waals surface area contributed by atoms with Gasteiger partial charge in [0.2, 0.25) is 6.41 Å². The van der Waals surface area contributed by atoms with Gasteiger partial charge in [-0.2, -0.15) is 0 Å². The molecule has 4 aliphatic rings. The summed E-state index contributed by atoms with van der Waals surface area (Å²) in [4.78, 5) is 10.6. The van der Waals surface area contributed by atoms with Gasteiger partial charge in [-0.3, -0.25) is 4.79 Å². The Kier molecular flexibility index (Phi) is 37.0. The first-order chi connectivity index (χ1) is 36.8. The Balaban J connectivity index is 0.00000103. The lowest BCUT2D eigenvalue weighted by Gasteiger charge is -2.39. The number of carbonyl (C=O) groups excluding carboxylic acids is 1. The highest BCUT2D eigenvalue weighted by molar-refractivity contribution is 5.85. The Labute approximate surface area is 497 Å². The van der Waals surface area contributed by atoms with Gasteiger partial charge in [0.1, 0.15) is 23.0 Å². The molecule has 4 aromatic rings. The highest BCUT2D eigenvalue weighted by Crippen LogP contribution is 2.43. The lowest BCUT2D eigenvalue weighted by atomic mass is 9.73. The molecule has 9 N–H and O–H groups in total. The highest BCUT2D eigenvalue weighted by atomic mass is 35.5. The van der Waals surface area contributed by atoms with E-state index in [1.54, 1.807) is 28.4 Å². The van der Waals surface area contributed by atoms with Crippen molar-refractivity contribution in [2.75, 3.05) is 68.7 Å². The first kappa shape index (κ1) is 76.6. The number of methoxy groups -OCH3 is 4. The molecule has 4 atom stereocenters. The summed E-state index contributed by atoms with van der Waals surface area (Å²) in [6.07, 6.45) is 21.4. The van der Waals surface area contributed by atoms with Crippen molar-refractivity contribution in [3.05, 3.63) is 119 Å². The van der Waals surface area contributed by atoms with E-state index in [4.69, 9.17) is 24.7 Å². The van der Waals surface area contributed by atoms with Crippen molar-refractivity contribution in [1.82, 2.24) is 16.0 Å². The molecule has 0 radical (unpaired) electrons. The second-order valence-corrected chi connectivity index (χ2v) is 21.8. The zero-order valence-electron chi connectivity index (χ0n) is 47.4. The van der Waals surface area contributed by atoms with Crippen LogP contribution in [0.4, 0.5) is 0 Å². The second kappa shape index (κ2) is 39.2. The van der Waals surface area contributed by atoms with Crippen LogP contribution in [0.1, 0.15) is 204 Å². The maximum atomic E-state index is 11.0. The number of carbonyl (C=O) groups is 1. The van der Waals surface area contributed by atoms with Crippen molar-refractivity contribution < 1.29 is 44.2 Å². The van der Waals surface area contributed by atoms with Crippen LogP contribution >= 0.6 is 12.4 Å². The number of hydrogen-bond acceptors (Lipinski definition) is 12. The van der Waals surface area contributed by atoms with Crippen LogP contribution in [-0.4, -0.2) is 118 Å². The summed E-state index contributed by atoms with van der Waals surface area (Å²) < 4.78 is 20.7. The van der Waals surface area contributed by atoms with Gasteiger partial charge >= 0.3 is 0 Å². The number of amides is 1. The van der Waals surface area contributed by atoms with E-state index in [9.17, 15) is 25.2 Å². The molecule has 4 unspecified atom stereocenters. The van der Waals surface area contributed by atoms with E-state index in [2.05, 4.69) is 40.2 Å². The van der Waals surface area contributed by atoms with Gasteiger partial charge in [-0.05, 0) is 136 Å². The van der Waals surface area contributed by atoms with Gasteiger partial charge in [0, 0.05) is 49.9 Å². The number of ether oxygens (including phenoxy) is 4. The Morgan fingerprint density at radius 1 is 0.407 bits per heavy atom. The lowest BCUT2D eigenvalue weighted by molar-refractivity contribution is -0.110. The summed E-state index contributed by atoms with van der Waals surface area (Å²) >= 11 is 0. The summed E-state index contributed by atoms with van der Waals surface area (Å²) in [6, 6.07) is 31.9. The average molecular weight is 1150 g/mol. The molecule has 4 aromatic carbocycles. The van der Waals surface area contributed by atoms with Crippen LogP contribution in [0, 0.1) is 0 Å². The summed E-state index contributed by atoms with van der Waals surface area (Å²) in [5.74, 6) is 3.64. The SMILES string of the molecule is C.C.C.C.CNCC(c1ccc(OC)cc1)C1(O)CCCCC1.CNCC(c1ccc(OC)cc1)C1(O)CCCCC1.COc1ccc(C(CN)C2(O)CCCCC2)cc1.COc1ccc(C(CNC=O)C2(O)CCCCC2)cc1.Cl. The largest absolute Gasteiger partial charge is 0.497 e. The summed E-state index contributed by atoms with van der Waals surface area (Å²) in [5.41, 5.74) is 7.99. The van der Waals surface area contributed by atoms with Crippen molar-refractivity contribution in [3.8, 4) is 23.0 Å². The van der Waals surface area contributed by atoms with Crippen LogP contribution < -0.4 is 40.6 Å². The first-order valence-electron chi connectivity index (χ1n) is 28.4. The molecule has 0 aromatic heterocycles. The van der Waals surface area contributed by atoms with E-state index >= 15 is 0 Å². The monoisotopic (exact) mass is 1150 g/mol. The highest BCUT2D eigenvalue weighted by Gasteiger charge is 2.41. The standard InChI is InChI=1S/C16H23NO3.2C16H25NO2.C15H23NO2.4CH4.ClH/c1-20-14-7-5-13(6-8-14)15(11-17-12-18)16(19)9-3-2-4-10-16;2*1-17-12-15(16(18)10-4-3-5-11-16)13-6-8-14(19-2)9-7-13;1-18-13-7-5-12(6-8-13)14(11-16)15(17)9-3-2-4-10-15;;;;;/h5-8,12,15,19H,2-4,9-11H2,1H3,(H,17,18);2*6-9,15,17-18H,3-5,10-12H2,1-2H3;5-8,14,17H,2-4,9-11,16H2,1H3;4*1H4;1H. The van der Waals surface area contributed by atoms with E-state index in [-0.39, 0.29) is 65.8 Å². The van der Waals surface area contributed by atoms with Gasteiger partial charge in [0.05, 0.1) is 50.8 Å². The Hall–Kier alpha value is -4.44. The Morgan fingerprint density at radius 3 is 0.815 bits per heavy atom. The fraction of sp³-hybridized carbons (Fsp3) is 0.627. The third kappa shape index (κ3) is 22.2. The Bertz CT molecular complexity index is 2120. The predicted molar refractivity (Wildman–Crippen MR) is 340 cm³/mol. The van der Waals surface area contributed by atoms with Gasteiger partial charge in [0.25, 0.3) is 0 Å². The van der Waals surface area contributed by atoms with E-state index in [0.29, 0.717) is 19.5 Å². The first-order valence-corrected chi connectivity index (χ1v) is 28.4. The molecule has 0 heterocycles. The lowest BCUT2D eigenvalue weighted by Crippen LogP contribution is -2.42. The molecule has 14 heteroatoms. The van der Waals surface area contributed by atoms with Gasteiger partial charge in [-0.15, -0.1) is 12.4 Å². The number of likely N-dealkylation sites (N-methyl/N-ethyl adjacent to an activating group) is 2. The fourth-order valence-electron chi connectivity index (χ4n) is 12.5. The maximum Gasteiger partial charge on any atom is 0.207 e. The minimum absolute atomic E-state index is 0. The number of benzene rings is 4. The van der Waals surface area contributed by atoms with Crippen molar-refractivity contribution in [2.24, 2.45) is 5.73 Å². The number of aliphatic hydroxyl groups is 4. The molecule has 13 nitrogen and oxygen atoms in total. The molecule has 4 fully saturated rings.